The minimum Gasteiger partial charge on any atom is -0.459 e. The molecule has 0 saturated heterocycles. The van der Waals surface area contributed by atoms with E-state index in [1.165, 1.54) is 7.11 Å². The highest BCUT2D eigenvalue weighted by Crippen LogP contribution is 2.21. The van der Waals surface area contributed by atoms with Crippen molar-refractivity contribution in [2.75, 3.05) is 20.3 Å². The number of carbonyl (C=O) groups excluding carboxylic acids is 4. The van der Waals surface area contributed by atoms with Gasteiger partial charge in [-0.2, -0.15) is 0 Å². The van der Waals surface area contributed by atoms with E-state index < -0.39 is 61.7 Å². The second-order valence-electron chi connectivity index (χ2n) is 9.95. The normalized spacial score (nSPS) is 13.3. The number of hydrogen-bond acceptors (Lipinski definition) is 10. The average molecular weight is 627 g/mol. The minimum absolute atomic E-state index is 0.196. The van der Waals surface area contributed by atoms with Crippen molar-refractivity contribution in [1.82, 2.24) is 0 Å². The predicted octanol–water partition coefficient (Wildman–Crippen LogP) is 5.53. The molecule has 0 aliphatic heterocycles. The molecule has 0 bridgehead atoms. The molecule has 4 atom stereocenters. The van der Waals surface area contributed by atoms with Crippen LogP contribution in [0.4, 0.5) is 0 Å². The van der Waals surface area contributed by atoms with Crippen LogP contribution < -0.4 is 0 Å². The summed E-state index contributed by atoms with van der Waals surface area (Å²) < 4.78 is 34.3. The van der Waals surface area contributed by atoms with Gasteiger partial charge in [0.25, 0.3) is 0 Å². The van der Waals surface area contributed by atoms with E-state index in [9.17, 15) is 19.2 Å². The Morgan fingerprint density at radius 3 is 1.24 bits per heavy atom. The number of esters is 4. The van der Waals surface area contributed by atoms with Gasteiger partial charge in [-0.1, -0.05) is 72.8 Å². The highest BCUT2D eigenvalue weighted by molar-refractivity contribution is 5.91. The van der Waals surface area contributed by atoms with E-state index in [4.69, 9.17) is 28.4 Å². The predicted molar refractivity (Wildman–Crippen MR) is 166 cm³/mol. The summed E-state index contributed by atoms with van der Waals surface area (Å²) in [4.78, 5) is 52.6. The van der Waals surface area contributed by atoms with Crippen LogP contribution in [0.2, 0.25) is 0 Å². The Bertz CT molecular complexity index is 1550. The third kappa shape index (κ3) is 9.85. The SMILES string of the molecule is CO[C@@H](C)OC(COC(=O)c1ccccc1)[C@@H](OC(=O)c1ccccc1)[C@@H](COC(=O)c1ccccc1)OC(=O)c1ccccc1. The summed E-state index contributed by atoms with van der Waals surface area (Å²) in [7, 11) is 1.40. The monoisotopic (exact) mass is 626 g/mol. The molecule has 10 heteroatoms. The van der Waals surface area contributed by atoms with Gasteiger partial charge in [-0.25, -0.2) is 19.2 Å². The Kier molecular flexibility index (Phi) is 12.6. The zero-order valence-electron chi connectivity index (χ0n) is 25.4. The van der Waals surface area contributed by atoms with Gasteiger partial charge in [-0.05, 0) is 55.5 Å². The van der Waals surface area contributed by atoms with Crippen molar-refractivity contribution in [3.05, 3.63) is 144 Å². The van der Waals surface area contributed by atoms with Crippen molar-refractivity contribution >= 4 is 23.9 Å². The van der Waals surface area contributed by atoms with Crippen LogP contribution in [0.1, 0.15) is 48.4 Å². The Morgan fingerprint density at radius 1 is 0.500 bits per heavy atom. The van der Waals surface area contributed by atoms with Gasteiger partial charge in [0.1, 0.15) is 19.3 Å². The van der Waals surface area contributed by atoms with Gasteiger partial charge < -0.3 is 28.4 Å². The van der Waals surface area contributed by atoms with Crippen LogP contribution in [0.3, 0.4) is 0 Å². The van der Waals surface area contributed by atoms with Crippen molar-refractivity contribution in [3.63, 3.8) is 0 Å². The number of methoxy groups -OCH3 is 1. The Labute approximate surface area is 266 Å². The maximum absolute atomic E-state index is 13.4. The largest absolute Gasteiger partial charge is 0.459 e. The summed E-state index contributed by atoms with van der Waals surface area (Å²) in [5.41, 5.74) is 0.934. The molecule has 0 aliphatic rings. The van der Waals surface area contributed by atoms with Crippen LogP contribution in [0.25, 0.3) is 0 Å². The van der Waals surface area contributed by atoms with Gasteiger partial charge in [0.15, 0.2) is 18.5 Å². The molecule has 0 fully saturated rings. The fourth-order valence-corrected chi connectivity index (χ4v) is 4.28. The molecule has 46 heavy (non-hydrogen) atoms. The van der Waals surface area contributed by atoms with Gasteiger partial charge in [0.05, 0.1) is 22.3 Å². The lowest BCUT2D eigenvalue weighted by atomic mass is 10.1. The van der Waals surface area contributed by atoms with E-state index >= 15 is 0 Å². The molecule has 10 nitrogen and oxygen atoms in total. The van der Waals surface area contributed by atoms with Crippen LogP contribution in [0.15, 0.2) is 121 Å². The Hall–Kier alpha value is -5.32. The van der Waals surface area contributed by atoms with Crippen LogP contribution in [0.5, 0.6) is 0 Å². The second kappa shape index (κ2) is 17.2. The summed E-state index contributed by atoms with van der Waals surface area (Å²) in [6.45, 7) is 0.607. The van der Waals surface area contributed by atoms with Gasteiger partial charge in [0, 0.05) is 7.11 Å². The standard InChI is InChI=1S/C36H34O10/c1-25(41-2)44-30(23-42-33(37)26-15-7-3-8-16-26)32(46-36(40)29-21-13-6-14-22-29)31(45-35(39)28-19-11-5-12-20-28)24-43-34(38)27-17-9-4-10-18-27/h3-22,25,30-32H,23-24H2,1-2H3/t25-,30?,31-,32-/m1/s1. The number of hydrogen-bond donors (Lipinski definition) is 0. The second-order valence-corrected chi connectivity index (χ2v) is 9.95. The molecule has 4 aromatic rings. The lowest BCUT2D eigenvalue weighted by Gasteiger charge is -2.33. The zero-order valence-corrected chi connectivity index (χ0v) is 25.4. The average Bonchev–Trinajstić information content (AvgIpc) is 3.11. The van der Waals surface area contributed by atoms with E-state index in [1.807, 2.05) is 0 Å². The molecule has 1 unspecified atom stereocenters. The van der Waals surface area contributed by atoms with Gasteiger partial charge in [0.2, 0.25) is 0 Å². The molecule has 238 valence electrons. The Morgan fingerprint density at radius 2 is 0.848 bits per heavy atom. The molecule has 4 aromatic carbocycles. The fourth-order valence-electron chi connectivity index (χ4n) is 4.28. The zero-order chi connectivity index (χ0) is 32.7. The lowest BCUT2D eigenvalue weighted by molar-refractivity contribution is -0.198. The Balaban J connectivity index is 1.69. The first-order valence-corrected chi connectivity index (χ1v) is 14.5. The van der Waals surface area contributed by atoms with Gasteiger partial charge in [-0.3, -0.25) is 0 Å². The van der Waals surface area contributed by atoms with E-state index in [0.29, 0.717) is 0 Å². The number of carbonyl (C=O) groups is 4. The van der Waals surface area contributed by atoms with Crippen LogP contribution in [-0.4, -0.2) is 68.8 Å². The third-order valence-electron chi connectivity index (χ3n) is 6.73. The molecule has 0 amide bonds. The molecule has 0 aromatic heterocycles. The first-order valence-electron chi connectivity index (χ1n) is 14.5. The third-order valence-corrected chi connectivity index (χ3v) is 6.73. The summed E-state index contributed by atoms with van der Waals surface area (Å²) in [6, 6.07) is 32.8. The van der Waals surface area contributed by atoms with Crippen molar-refractivity contribution in [1.29, 1.82) is 0 Å². The number of rotatable bonds is 15. The fraction of sp³-hybridized carbons (Fsp3) is 0.222. The molecule has 0 spiro atoms. The molecule has 4 rings (SSSR count). The molecule has 0 aliphatic carbocycles. The molecular formula is C36H34O10. The van der Waals surface area contributed by atoms with E-state index in [2.05, 4.69) is 0 Å². The van der Waals surface area contributed by atoms with Crippen molar-refractivity contribution in [3.8, 4) is 0 Å². The van der Waals surface area contributed by atoms with E-state index in [0.717, 1.165) is 0 Å². The highest BCUT2D eigenvalue weighted by Gasteiger charge is 2.40. The van der Waals surface area contributed by atoms with Crippen LogP contribution in [-0.2, 0) is 28.4 Å². The molecule has 0 heterocycles. The van der Waals surface area contributed by atoms with E-state index in [1.54, 1.807) is 128 Å². The summed E-state index contributed by atoms with van der Waals surface area (Å²) in [5, 5.41) is 0. The quantitative estimate of drug-likeness (QED) is 0.0945. The smallest absolute Gasteiger partial charge is 0.338 e. The minimum atomic E-state index is -1.45. The number of ether oxygens (including phenoxy) is 6. The van der Waals surface area contributed by atoms with Crippen molar-refractivity contribution < 1.29 is 47.6 Å². The summed E-state index contributed by atoms with van der Waals surface area (Å²) in [6.07, 6.45) is -5.00. The van der Waals surface area contributed by atoms with Crippen LogP contribution >= 0.6 is 0 Å². The summed E-state index contributed by atoms with van der Waals surface area (Å²) >= 11 is 0. The highest BCUT2D eigenvalue weighted by atomic mass is 16.7. The maximum atomic E-state index is 13.4. The first-order chi connectivity index (χ1) is 22.4. The van der Waals surface area contributed by atoms with E-state index in [-0.39, 0.29) is 22.3 Å². The van der Waals surface area contributed by atoms with Gasteiger partial charge >= 0.3 is 23.9 Å². The maximum Gasteiger partial charge on any atom is 0.338 e. The lowest BCUT2D eigenvalue weighted by Crippen LogP contribution is -2.50. The molecule has 0 radical (unpaired) electrons. The molecule has 0 N–H and O–H groups in total. The van der Waals surface area contributed by atoms with Crippen LogP contribution in [0, 0.1) is 0 Å². The molecular weight excluding hydrogens is 592 g/mol. The first kappa shape index (κ1) is 33.6. The van der Waals surface area contributed by atoms with Crippen molar-refractivity contribution in [2.24, 2.45) is 0 Å². The molecule has 0 saturated carbocycles. The van der Waals surface area contributed by atoms with Crippen molar-refractivity contribution in [2.45, 2.75) is 31.5 Å². The van der Waals surface area contributed by atoms with Gasteiger partial charge in [-0.15, -0.1) is 0 Å². The topological polar surface area (TPSA) is 124 Å². The number of benzene rings is 4. The summed E-state index contributed by atoms with van der Waals surface area (Å²) in [5.74, 6) is -2.93.